The molecule has 1 saturated carbocycles. The van der Waals surface area contributed by atoms with Gasteiger partial charge in [-0.3, -0.25) is 0 Å². The highest BCUT2D eigenvalue weighted by atomic mass is 35.5. The highest BCUT2D eigenvalue weighted by molar-refractivity contribution is 6.18. The maximum absolute atomic E-state index is 6.27. The summed E-state index contributed by atoms with van der Waals surface area (Å²) in [5.41, 5.74) is 0.421. The van der Waals surface area contributed by atoms with Crippen molar-refractivity contribution in [2.75, 3.05) is 19.1 Å². The van der Waals surface area contributed by atoms with Crippen LogP contribution in [0.1, 0.15) is 51.4 Å². The SMILES string of the molecule is ClCC1(C2CCCCCC2)CCOCC1. The summed E-state index contributed by atoms with van der Waals surface area (Å²) in [7, 11) is 0. The summed E-state index contributed by atoms with van der Waals surface area (Å²) in [6.07, 6.45) is 10.9. The number of rotatable bonds is 2. The van der Waals surface area contributed by atoms with E-state index in [-0.39, 0.29) is 0 Å². The van der Waals surface area contributed by atoms with E-state index in [0.29, 0.717) is 5.41 Å². The monoisotopic (exact) mass is 230 g/mol. The molecule has 1 saturated heterocycles. The molecule has 15 heavy (non-hydrogen) atoms. The van der Waals surface area contributed by atoms with Crippen LogP contribution >= 0.6 is 11.6 Å². The zero-order valence-corrected chi connectivity index (χ0v) is 10.4. The van der Waals surface area contributed by atoms with Gasteiger partial charge in [-0.05, 0) is 37.0 Å². The summed E-state index contributed by atoms with van der Waals surface area (Å²) >= 11 is 6.27. The topological polar surface area (TPSA) is 9.23 Å². The van der Waals surface area contributed by atoms with Crippen LogP contribution in [0.25, 0.3) is 0 Å². The number of hydrogen-bond acceptors (Lipinski definition) is 1. The minimum Gasteiger partial charge on any atom is -0.381 e. The fraction of sp³-hybridized carbons (Fsp3) is 1.00. The molecular formula is C13H23ClO. The van der Waals surface area contributed by atoms with Gasteiger partial charge >= 0.3 is 0 Å². The lowest BCUT2D eigenvalue weighted by atomic mass is 9.68. The van der Waals surface area contributed by atoms with Crippen LogP contribution in [0, 0.1) is 11.3 Å². The third-order valence-corrected chi connectivity index (χ3v) is 5.01. The minimum absolute atomic E-state index is 0.421. The van der Waals surface area contributed by atoms with Gasteiger partial charge in [0.05, 0.1) is 0 Å². The highest BCUT2D eigenvalue weighted by Crippen LogP contribution is 2.45. The predicted octanol–water partition coefficient (Wildman–Crippen LogP) is 3.99. The number of alkyl halides is 1. The van der Waals surface area contributed by atoms with Gasteiger partial charge in [-0.1, -0.05) is 25.7 Å². The van der Waals surface area contributed by atoms with E-state index in [1.807, 2.05) is 0 Å². The van der Waals surface area contributed by atoms with E-state index in [4.69, 9.17) is 16.3 Å². The molecule has 0 amide bonds. The van der Waals surface area contributed by atoms with E-state index in [2.05, 4.69) is 0 Å². The molecule has 0 bridgehead atoms. The van der Waals surface area contributed by atoms with Gasteiger partial charge in [-0.15, -0.1) is 11.6 Å². The summed E-state index contributed by atoms with van der Waals surface area (Å²) in [5, 5.41) is 0. The Kier molecular flexibility index (Phi) is 4.33. The molecule has 0 aromatic heterocycles. The first kappa shape index (κ1) is 11.7. The molecule has 0 unspecified atom stereocenters. The van der Waals surface area contributed by atoms with Gasteiger partial charge in [0.1, 0.15) is 0 Å². The van der Waals surface area contributed by atoms with Crippen LogP contribution in [-0.2, 0) is 4.74 Å². The largest absolute Gasteiger partial charge is 0.381 e. The van der Waals surface area contributed by atoms with Gasteiger partial charge in [0.15, 0.2) is 0 Å². The zero-order valence-electron chi connectivity index (χ0n) is 9.64. The standard InChI is InChI=1S/C13H23ClO/c14-11-13(7-9-15-10-8-13)12-5-3-1-2-4-6-12/h12H,1-11H2. The second kappa shape index (κ2) is 5.54. The van der Waals surface area contributed by atoms with Gasteiger partial charge < -0.3 is 4.74 Å². The molecule has 0 aromatic carbocycles. The van der Waals surface area contributed by atoms with Crippen molar-refractivity contribution in [3.8, 4) is 0 Å². The van der Waals surface area contributed by atoms with Crippen molar-refractivity contribution in [1.29, 1.82) is 0 Å². The maximum Gasteiger partial charge on any atom is 0.0471 e. The normalized spacial score (nSPS) is 28.6. The van der Waals surface area contributed by atoms with E-state index >= 15 is 0 Å². The second-order valence-corrected chi connectivity index (χ2v) is 5.56. The third-order valence-electron chi connectivity index (χ3n) is 4.48. The highest BCUT2D eigenvalue weighted by Gasteiger charge is 2.39. The van der Waals surface area contributed by atoms with Crippen LogP contribution in [0.2, 0.25) is 0 Å². The zero-order chi connectivity index (χ0) is 10.6. The van der Waals surface area contributed by atoms with E-state index in [1.165, 1.54) is 51.4 Å². The summed E-state index contributed by atoms with van der Waals surface area (Å²) in [6.45, 7) is 1.87. The summed E-state index contributed by atoms with van der Waals surface area (Å²) in [6, 6.07) is 0. The molecule has 2 aliphatic rings. The number of hydrogen-bond donors (Lipinski definition) is 0. The fourth-order valence-corrected chi connectivity index (χ4v) is 3.81. The van der Waals surface area contributed by atoms with E-state index in [9.17, 15) is 0 Å². The minimum atomic E-state index is 0.421. The maximum atomic E-state index is 6.27. The van der Waals surface area contributed by atoms with Crippen molar-refractivity contribution < 1.29 is 4.74 Å². The van der Waals surface area contributed by atoms with E-state index in [0.717, 1.165) is 25.0 Å². The fourth-order valence-electron chi connectivity index (χ4n) is 3.32. The van der Waals surface area contributed by atoms with Gasteiger partial charge in [0, 0.05) is 19.1 Å². The smallest absolute Gasteiger partial charge is 0.0471 e. The van der Waals surface area contributed by atoms with Gasteiger partial charge in [-0.25, -0.2) is 0 Å². The Hall–Kier alpha value is 0.250. The summed E-state index contributed by atoms with van der Waals surface area (Å²) < 4.78 is 5.49. The van der Waals surface area contributed by atoms with Crippen molar-refractivity contribution in [2.45, 2.75) is 51.4 Å². The first-order chi connectivity index (χ1) is 7.37. The lowest BCUT2D eigenvalue weighted by molar-refractivity contribution is -0.00965. The lowest BCUT2D eigenvalue weighted by Gasteiger charge is -2.42. The van der Waals surface area contributed by atoms with Gasteiger partial charge in [0.25, 0.3) is 0 Å². The van der Waals surface area contributed by atoms with Crippen molar-refractivity contribution in [1.82, 2.24) is 0 Å². The van der Waals surface area contributed by atoms with Crippen LogP contribution in [0.5, 0.6) is 0 Å². The van der Waals surface area contributed by atoms with Crippen molar-refractivity contribution in [3.05, 3.63) is 0 Å². The summed E-state index contributed by atoms with van der Waals surface area (Å²) in [4.78, 5) is 0. The quantitative estimate of drug-likeness (QED) is 0.515. The molecule has 88 valence electrons. The van der Waals surface area contributed by atoms with Gasteiger partial charge in [0.2, 0.25) is 0 Å². The molecule has 2 rings (SSSR count). The Labute approximate surface area is 98.5 Å². The molecular weight excluding hydrogens is 208 g/mol. The number of ether oxygens (including phenoxy) is 1. The molecule has 1 nitrogen and oxygen atoms in total. The third kappa shape index (κ3) is 2.68. The molecule has 1 heterocycles. The van der Waals surface area contributed by atoms with Crippen LogP contribution < -0.4 is 0 Å². The second-order valence-electron chi connectivity index (χ2n) is 5.30. The van der Waals surface area contributed by atoms with Crippen LogP contribution in [0.4, 0.5) is 0 Å². The van der Waals surface area contributed by atoms with E-state index < -0.39 is 0 Å². The first-order valence-electron chi connectivity index (χ1n) is 6.51. The van der Waals surface area contributed by atoms with E-state index in [1.54, 1.807) is 0 Å². The predicted molar refractivity (Wildman–Crippen MR) is 64.4 cm³/mol. The van der Waals surface area contributed by atoms with Crippen molar-refractivity contribution >= 4 is 11.6 Å². The summed E-state index contributed by atoms with van der Waals surface area (Å²) in [5.74, 6) is 1.72. The lowest BCUT2D eigenvalue weighted by Crippen LogP contribution is -2.38. The molecule has 1 aliphatic heterocycles. The van der Waals surface area contributed by atoms with Gasteiger partial charge in [-0.2, -0.15) is 0 Å². The Balaban J connectivity index is 2.01. The van der Waals surface area contributed by atoms with Crippen LogP contribution in [0.15, 0.2) is 0 Å². The molecule has 0 radical (unpaired) electrons. The molecule has 2 fully saturated rings. The Morgan fingerprint density at radius 2 is 1.60 bits per heavy atom. The average molecular weight is 231 g/mol. The van der Waals surface area contributed by atoms with Crippen LogP contribution in [0.3, 0.4) is 0 Å². The Morgan fingerprint density at radius 3 is 2.13 bits per heavy atom. The Morgan fingerprint density at radius 1 is 1.00 bits per heavy atom. The molecule has 0 N–H and O–H groups in total. The average Bonchev–Trinajstić information content (AvgIpc) is 2.59. The Bertz CT molecular complexity index is 179. The molecule has 1 aliphatic carbocycles. The molecule has 0 spiro atoms. The van der Waals surface area contributed by atoms with Crippen molar-refractivity contribution in [2.24, 2.45) is 11.3 Å². The molecule has 2 heteroatoms. The molecule has 0 aromatic rings. The molecule has 0 atom stereocenters. The first-order valence-corrected chi connectivity index (χ1v) is 7.04. The van der Waals surface area contributed by atoms with Crippen LogP contribution in [-0.4, -0.2) is 19.1 Å². The number of halogens is 1. The van der Waals surface area contributed by atoms with Crippen molar-refractivity contribution in [3.63, 3.8) is 0 Å².